The summed E-state index contributed by atoms with van der Waals surface area (Å²) in [5, 5.41) is 11.9. The van der Waals surface area contributed by atoms with Crippen LogP contribution in [0.25, 0.3) is 0 Å². The molecule has 4 heteroatoms. The minimum Gasteiger partial charge on any atom is -0.493 e. The van der Waals surface area contributed by atoms with Crippen LogP contribution in [-0.2, 0) is 4.79 Å². The van der Waals surface area contributed by atoms with E-state index in [2.05, 4.69) is 5.32 Å². The maximum absolute atomic E-state index is 11.0. The minimum absolute atomic E-state index is 0.370. The zero-order chi connectivity index (χ0) is 12.9. The average molecular weight is 237 g/mol. The first kappa shape index (κ1) is 13.5. The molecule has 0 aromatic heterocycles. The Morgan fingerprint density at radius 1 is 1.47 bits per heavy atom. The number of nitrogens with one attached hydrogen (secondary N) is 1. The summed E-state index contributed by atoms with van der Waals surface area (Å²) in [7, 11) is 1.64. The molecule has 17 heavy (non-hydrogen) atoms. The van der Waals surface area contributed by atoms with Gasteiger partial charge in [-0.25, -0.2) is 0 Å². The van der Waals surface area contributed by atoms with Gasteiger partial charge in [-0.1, -0.05) is 18.2 Å². The predicted octanol–water partition coefficient (Wildman–Crippen LogP) is 1.83. The van der Waals surface area contributed by atoms with Crippen LogP contribution in [0, 0.1) is 6.92 Å². The summed E-state index contributed by atoms with van der Waals surface area (Å²) in [6.07, 6.45) is 0.410. The van der Waals surface area contributed by atoms with Crippen LogP contribution in [0.2, 0.25) is 0 Å². The molecule has 1 unspecified atom stereocenters. The van der Waals surface area contributed by atoms with E-state index in [0.717, 1.165) is 11.3 Å². The number of para-hydroxylation sites is 1. The summed E-state index contributed by atoms with van der Waals surface area (Å²) in [4.78, 5) is 11.0. The third kappa shape index (κ3) is 3.46. The number of benzene rings is 1. The zero-order valence-electron chi connectivity index (χ0n) is 10.5. The van der Waals surface area contributed by atoms with Crippen LogP contribution in [0.5, 0.6) is 5.75 Å². The average Bonchev–Trinajstić information content (AvgIpc) is 2.31. The highest BCUT2D eigenvalue weighted by Crippen LogP contribution is 2.17. The number of hydrogen-bond donors (Lipinski definition) is 2. The summed E-state index contributed by atoms with van der Waals surface area (Å²) < 4.78 is 5.58. The second-order valence-corrected chi connectivity index (χ2v) is 4.25. The molecule has 1 aromatic rings. The summed E-state index contributed by atoms with van der Waals surface area (Å²) >= 11 is 0. The molecule has 0 bridgehead atoms. The zero-order valence-corrected chi connectivity index (χ0v) is 10.5. The molecule has 0 saturated carbocycles. The molecule has 0 radical (unpaired) electrons. The van der Waals surface area contributed by atoms with Crippen LogP contribution in [0.15, 0.2) is 24.3 Å². The summed E-state index contributed by atoms with van der Waals surface area (Å²) in [6.45, 7) is 3.98. The highest BCUT2D eigenvalue weighted by Gasteiger charge is 2.30. The molecule has 0 spiro atoms. The van der Waals surface area contributed by atoms with E-state index in [9.17, 15) is 4.79 Å². The Hall–Kier alpha value is -1.55. The Bertz CT molecular complexity index is 392. The van der Waals surface area contributed by atoms with E-state index in [4.69, 9.17) is 9.84 Å². The molecule has 0 fully saturated rings. The number of carboxylic acids is 1. The molecule has 0 aliphatic carbocycles. The predicted molar refractivity (Wildman–Crippen MR) is 66.4 cm³/mol. The largest absolute Gasteiger partial charge is 0.493 e. The monoisotopic (exact) mass is 237 g/mol. The van der Waals surface area contributed by atoms with E-state index < -0.39 is 11.5 Å². The topological polar surface area (TPSA) is 58.6 Å². The van der Waals surface area contributed by atoms with Crippen molar-refractivity contribution < 1.29 is 14.6 Å². The van der Waals surface area contributed by atoms with Gasteiger partial charge < -0.3 is 15.2 Å². The first-order valence-corrected chi connectivity index (χ1v) is 5.60. The first-order chi connectivity index (χ1) is 7.99. The molecular weight excluding hydrogens is 218 g/mol. The van der Waals surface area contributed by atoms with Crippen LogP contribution in [0.4, 0.5) is 0 Å². The lowest BCUT2D eigenvalue weighted by Crippen LogP contribution is -2.48. The smallest absolute Gasteiger partial charge is 0.323 e. The first-order valence-electron chi connectivity index (χ1n) is 5.60. The van der Waals surface area contributed by atoms with Crippen molar-refractivity contribution in [2.75, 3.05) is 13.7 Å². The van der Waals surface area contributed by atoms with Gasteiger partial charge in [0.15, 0.2) is 0 Å². The molecule has 0 aliphatic rings. The molecule has 0 heterocycles. The molecule has 1 aromatic carbocycles. The highest BCUT2D eigenvalue weighted by molar-refractivity contribution is 5.78. The SMILES string of the molecule is CNC(C)(CCOc1ccccc1C)C(=O)O. The number of ether oxygens (including phenoxy) is 1. The van der Waals surface area contributed by atoms with Crippen molar-refractivity contribution >= 4 is 5.97 Å². The molecular formula is C13H19NO3. The molecule has 2 N–H and O–H groups in total. The van der Waals surface area contributed by atoms with Crippen LogP contribution < -0.4 is 10.1 Å². The maximum atomic E-state index is 11.0. The van der Waals surface area contributed by atoms with Gasteiger partial charge in [0.1, 0.15) is 11.3 Å². The number of aryl methyl sites for hydroxylation is 1. The molecule has 1 atom stereocenters. The van der Waals surface area contributed by atoms with Gasteiger partial charge in [-0.3, -0.25) is 4.79 Å². The molecule has 4 nitrogen and oxygen atoms in total. The maximum Gasteiger partial charge on any atom is 0.323 e. The van der Waals surface area contributed by atoms with Gasteiger partial charge in [-0.05, 0) is 32.5 Å². The summed E-state index contributed by atoms with van der Waals surface area (Å²) in [5.74, 6) is -0.0651. The second-order valence-electron chi connectivity index (χ2n) is 4.25. The van der Waals surface area contributed by atoms with E-state index >= 15 is 0 Å². The number of hydrogen-bond acceptors (Lipinski definition) is 3. The Morgan fingerprint density at radius 3 is 2.65 bits per heavy atom. The molecule has 0 aliphatic heterocycles. The third-order valence-corrected chi connectivity index (χ3v) is 2.98. The number of rotatable bonds is 6. The van der Waals surface area contributed by atoms with Crippen molar-refractivity contribution in [2.24, 2.45) is 0 Å². The van der Waals surface area contributed by atoms with E-state index in [1.807, 2.05) is 31.2 Å². The number of carboxylic acid groups (broad SMARTS) is 1. The lowest BCUT2D eigenvalue weighted by molar-refractivity contribution is -0.144. The normalized spacial score (nSPS) is 14.1. The van der Waals surface area contributed by atoms with Crippen LogP contribution in [-0.4, -0.2) is 30.3 Å². The number of aliphatic carboxylic acids is 1. The molecule has 94 valence electrons. The van der Waals surface area contributed by atoms with Crippen molar-refractivity contribution in [1.82, 2.24) is 5.32 Å². The minimum atomic E-state index is -0.942. The van der Waals surface area contributed by atoms with Crippen LogP contribution in [0.1, 0.15) is 18.9 Å². The van der Waals surface area contributed by atoms with Gasteiger partial charge in [0.2, 0.25) is 0 Å². The Kier molecular flexibility index (Phi) is 4.52. The van der Waals surface area contributed by atoms with E-state index in [0.29, 0.717) is 13.0 Å². The summed E-state index contributed by atoms with van der Waals surface area (Å²) in [5.41, 5.74) is 0.108. The van der Waals surface area contributed by atoms with Gasteiger partial charge in [0, 0.05) is 6.42 Å². The fraction of sp³-hybridized carbons (Fsp3) is 0.462. The fourth-order valence-electron chi connectivity index (χ4n) is 1.42. The number of likely N-dealkylation sites (N-methyl/N-ethyl adjacent to an activating group) is 1. The quantitative estimate of drug-likeness (QED) is 0.792. The van der Waals surface area contributed by atoms with Gasteiger partial charge in [-0.15, -0.1) is 0 Å². The Balaban J connectivity index is 2.53. The van der Waals surface area contributed by atoms with Crippen molar-refractivity contribution in [2.45, 2.75) is 25.8 Å². The van der Waals surface area contributed by atoms with E-state index in [1.54, 1.807) is 14.0 Å². The summed E-state index contributed by atoms with van der Waals surface area (Å²) in [6, 6.07) is 7.69. The van der Waals surface area contributed by atoms with Crippen LogP contribution >= 0.6 is 0 Å². The highest BCUT2D eigenvalue weighted by atomic mass is 16.5. The van der Waals surface area contributed by atoms with Gasteiger partial charge in [0.05, 0.1) is 6.61 Å². The van der Waals surface area contributed by atoms with Crippen molar-refractivity contribution in [3.05, 3.63) is 29.8 Å². The molecule has 0 saturated heterocycles. The van der Waals surface area contributed by atoms with Gasteiger partial charge in [-0.2, -0.15) is 0 Å². The van der Waals surface area contributed by atoms with E-state index in [1.165, 1.54) is 0 Å². The lowest BCUT2D eigenvalue weighted by atomic mass is 9.99. The van der Waals surface area contributed by atoms with Crippen molar-refractivity contribution in [3.8, 4) is 5.75 Å². The molecule has 1 rings (SSSR count). The van der Waals surface area contributed by atoms with E-state index in [-0.39, 0.29) is 0 Å². The Morgan fingerprint density at radius 2 is 2.12 bits per heavy atom. The fourth-order valence-corrected chi connectivity index (χ4v) is 1.42. The second kappa shape index (κ2) is 5.68. The Labute approximate surface area is 102 Å². The third-order valence-electron chi connectivity index (χ3n) is 2.98. The van der Waals surface area contributed by atoms with Gasteiger partial charge >= 0.3 is 5.97 Å². The number of carbonyl (C=O) groups is 1. The van der Waals surface area contributed by atoms with Crippen LogP contribution in [0.3, 0.4) is 0 Å². The molecule has 0 amide bonds. The van der Waals surface area contributed by atoms with Crippen molar-refractivity contribution in [1.29, 1.82) is 0 Å². The van der Waals surface area contributed by atoms with Gasteiger partial charge in [0.25, 0.3) is 0 Å². The van der Waals surface area contributed by atoms with Crippen molar-refractivity contribution in [3.63, 3.8) is 0 Å². The standard InChI is InChI=1S/C13H19NO3/c1-10-6-4-5-7-11(10)17-9-8-13(2,14-3)12(15)16/h4-7,14H,8-9H2,1-3H3,(H,15,16). The lowest BCUT2D eigenvalue weighted by Gasteiger charge is -2.24.